The maximum absolute atomic E-state index is 12.0. The first kappa shape index (κ1) is 22.1. The van der Waals surface area contributed by atoms with Crippen molar-refractivity contribution in [2.45, 2.75) is 51.5 Å². The van der Waals surface area contributed by atoms with Crippen molar-refractivity contribution in [3.8, 4) is 0 Å². The first-order chi connectivity index (χ1) is 10.4. The SMILES string of the molecule is CCCC(C)(N)C(=O)NCCCN1CCC(C(=O)OC)CC1.Cl. The van der Waals surface area contributed by atoms with E-state index < -0.39 is 5.54 Å². The Morgan fingerprint density at radius 1 is 1.35 bits per heavy atom. The van der Waals surface area contributed by atoms with Crippen molar-refractivity contribution in [2.24, 2.45) is 11.7 Å². The van der Waals surface area contributed by atoms with Crippen molar-refractivity contribution >= 4 is 24.3 Å². The number of hydrogen-bond acceptors (Lipinski definition) is 5. The molecule has 1 unspecified atom stereocenters. The van der Waals surface area contributed by atoms with Crippen molar-refractivity contribution in [1.82, 2.24) is 10.2 Å². The van der Waals surface area contributed by atoms with Crippen LogP contribution < -0.4 is 11.1 Å². The fourth-order valence-electron chi connectivity index (χ4n) is 2.90. The Kier molecular flexibility index (Phi) is 10.4. The van der Waals surface area contributed by atoms with Crippen molar-refractivity contribution in [3.05, 3.63) is 0 Å². The molecule has 0 aromatic rings. The van der Waals surface area contributed by atoms with Gasteiger partial charge in [-0.2, -0.15) is 0 Å². The van der Waals surface area contributed by atoms with Gasteiger partial charge in [0.15, 0.2) is 0 Å². The largest absolute Gasteiger partial charge is 0.469 e. The number of carbonyl (C=O) groups excluding carboxylic acids is 2. The molecule has 1 aliphatic rings. The molecule has 0 radical (unpaired) electrons. The van der Waals surface area contributed by atoms with Crippen LogP contribution in [0, 0.1) is 5.92 Å². The van der Waals surface area contributed by atoms with E-state index in [4.69, 9.17) is 10.5 Å². The van der Waals surface area contributed by atoms with E-state index in [1.54, 1.807) is 6.92 Å². The standard InChI is InChI=1S/C16H31N3O3.ClH/c1-4-8-16(2,17)15(21)18-9-5-10-19-11-6-13(7-12-19)14(20)22-3;/h13H,4-12,17H2,1-3H3,(H,18,21);1H. The van der Waals surface area contributed by atoms with Crippen molar-refractivity contribution in [1.29, 1.82) is 0 Å². The van der Waals surface area contributed by atoms with Crippen LogP contribution in [0.2, 0.25) is 0 Å². The molecule has 0 bridgehead atoms. The van der Waals surface area contributed by atoms with Gasteiger partial charge in [-0.3, -0.25) is 9.59 Å². The van der Waals surface area contributed by atoms with Crippen LogP contribution >= 0.6 is 12.4 Å². The third kappa shape index (κ3) is 7.50. The summed E-state index contributed by atoms with van der Waals surface area (Å²) in [5.74, 6) is -0.114. The Morgan fingerprint density at radius 3 is 2.48 bits per heavy atom. The van der Waals surface area contributed by atoms with Gasteiger partial charge in [-0.1, -0.05) is 13.3 Å². The summed E-state index contributed by atoms with van der Waals surface area (Å²) in [7, 11) is 1.45. The lowest BCUT2D eigenvalue weighted by Gasteiger charge is -2.30. The highest BCUT2D eigenvalue weighted by atomic mass is 35.5. The van der Waals surface area contributed by atoms with E-state index >= 15 is 0 Å². The fourth-order valence-corrected chi connectivity index (χ4v) is 2.90. The number of ether oxygens (including phenoxy) is 1. The van der Waals surface area contributed by atoms with Crippen molar-refractivity contribution in [3.63, 3.8) is 0 Å². The molecule has 3 N–H and O–H groups in total. The van der Waals surface area contributed by atoms with E-state index in [0.717, 1.165) is 45.3 Å². The van der Waals surface area contributed by atoms with Crippen LogP contribution in [0.25, 0.3) is 0 Å². The van der Waals surface area contributed by atoms with Crippen LogP contribution in [0.15, 0.2) is 0 Å². The molecule has 0 spiro atoms. The minimum Gasteiger partial charge on any atom is -0.469 e. The van der Waals surface area contributed by atoms with Gasteiger partial charge in [0.05, 0.1) is 18.6 Å². The molecule has 7 heteroatoms. The van der Waals surface area contributed by atoms with Gasteiger partial charge in [-0.15, -0.1) is 12.4 Å². The summed E-state index contributed by atoms with van der Waals surface area (Å²) in [4.78, 5) is 25.7. The molecule has 1 aliphatic heterocycles. The van der Waals surface area contributed by atoms with E-state index in [-0.39, 0.29) is 30.2 Å². The average Bonchev–Trinajstić information content (AvgIpc) is 2.51. The highest BCUT2D eigenvalue weighted by molar-refractivity contribution is 5.85. The second-order valence-electron chi connectivity index (χ2n) is 6.42. The van der Waals surface area contributed by atoms with Gasteiger partial charge in [0.25, 0.3) is 0 Å². The number of hydrogen-bond donors (Lipinski definition) is 2. The lowest BCUT2D eigenvalue weighted by molar-refractivity contribution is -0.147. The molecule has 136 valence electrons. The minimum atomic E-state index is -0.770. The molecular formula is C16H32ClN3O3. The van der Waals surface area contributed by atoms with Gasteiger partial charge in [0, 0.05) is 6.54 Å². The predicted octanol–water partition coefficient (Wildman–Crippen LogP) is 1.32. The number of nitrogens with one attached hydrogen (secondary N) is 1. The molecule has 0 aromatic heterocycles. The Hall–Kier alpha value is -0.850. The van der Waals surface area contributed by atoms with Crippen LogP contribution in [0.5, 0.6) is 0 Å². The van der Waals surface area contributed by atoms with Crippen molar-refractivity contribution in [2.75, 3.05) is 33.3 Å². The van der Waals surface area contributed by atoms with E-state index in [1.807, 2.05) is 6.92 Å². The number of likely N-dealkylation sites (tertiary alicyclic amines) is 1. The van der Waals surface area contributed by atoms with E-state index in [0.29, 0.717) is 13.0 Å². The van der Waals surface area contributed by atoms with Gasteiger partial charge in [0.2, 0.25) is 5.91 Å². The summed E-state index contributed by atoms with van der Waals surface area (Å²) in [5, 5.41) is 2.92. The molecule has 23 heavy (non-hydrogen) atoms. The third-order valence-corrected chi connectivity index (χ3v) is 4.35. The van der Waals surface area contributed by atoms with Crippen LogP contribution in [-0.4, -0.2) is 55.6 Å². The Bertz CT molecular complexity index is 370. The molecule has 6 nitrogen and oxygen atoms in total. The second-order valence-corrected chi connectivity index (χ2v) is 6.42. The first-order valence-corrected chi connectivity index (χ1v) is 8.28. The summed E-state index contributed by atoms with van der Waals surface area (Å²) in [5.41, 5.74) is 5.22. The maximum Gasteiger partial charge on any atom is 0.308 e. The topological polar surface area (TPSA) is 84.7 Å². The zero-order chi connectivity index (χ0) is 16.6. The van der Waals surface area contributed by atoms with E-state index in [9.17, 15) is 9.59 Å². The van der Waals surface area contributed by atoms with Gasteiger partial charge < -0.3 is 20.7 Å². The van der Waals surface area contributed by atoms with Crippen LogP contribution in [0.3, 0.4) is 0 Å². The van der Waals surface area contributed by atoms with Crippen LogP contribution in [0.4, 0.5) is 0 Å². The monoisotopic (exact) mass is 349 g/mol. The lowest BCUT2D eigenvalue weighted by Crippen LogP contribution is -2.51. The fraction of sp³-hybridized carbons (Fsp3) is 0.875. The number of rotatable bonds is 8. The summed E-state index contributed by atoms with van der Waals surface area (Å²) in [6, 6.07) is 0. The molecule has 1 saturated heterocycles. The highest BCUT2D eigenvalue weighted by Gasteiger charge is 2.27. The number of nitrogens with two attached hydrogens (primary N) is 1. The Labute approximate surface area is 145 Å². The molecule has 0 saturated carbocycles. The smallest absolute Gasteiger partial charge is 0.308 e. The van der Waals surface area contributed by atoms with Gasteiger partial charge in [-0.05, 0) is 52.2 Å². The molecule has 1 heterocycles. The average molecular weight is 350 g/mol. The zero-order valence-electron chi connectivity index (χ0n) is 14.6. The number of esters is 1. The maximum atomic E-state index is 12.0. The normalized spacial score (nSPS) is 18.6. The summed E-state index contributed by atoms with van der Waals surface area (Å²) >= 11 is 0. The second kappa shape index (κ2) is 10.8. The number of methoxy groups -OCH3 is 1. The Balaban J connectivity index is 0.00000484. The van der Waals surface area contributed by atoms with Crippen molar-refractivity contribution < 1.29 is 14.3 Å². The number of nitrogens with zero attached hydrogens (tertiary/aromatic N) is 1. The molecule has 1 atom stereocenters. The first-order valence-electron chi connectivity index (χ1n) is 8.28. The quantitative estimate of drug-likeness (QED) is 0.510. The van der Waals surface area contributed by atoms with Crippen LogP contribution in [0.1, 0.15) is 46.0 Å². The minimum absolute atomic E-state index is 0. The lowest BCUT2D eigenvalue weighted by atomic mass is 9.96. The van der Waals surface area contributed by atoms with E-state index in [2.05, 4.69) is 10.2 Å². The molecular weight excluding hydrogens is 318 g/mol. The molecule has 0 aromatic carbocycles. The van der Waals surface area contributed by atoms with Crippen LogP contribution in [-0.2, 0) is 14.3 Å². The number of piperidine rings is 1. The Morgan fingerprint density at radius 2 is 1.96 bits per heavy atom. The van der Waals surface area contributed by atoms with Gasteiger partial charge >= 0.3 is 5.97 Å². The number of carbonyl (C=O) groups is 2. The zero-order valence-corrected chi connectivity index (χ0v) is 15.4. The highest BCUT2D eigenvalue weighted by Crippen LogP contribution is 2.18. The summed E-state index contributed by atoms with van der Waals surface area (Å²) < 4.78 is 4.78. The molecule has 1 fully saturated rings. The molecule has 1 rings (SSSR count). The predicted molar refractivity (Wildman–Crippen MR) is 93.6 cm³/mol. The van der Waals surface area contributed by atoms with E-state index in [1.165, 1.54) is 7.11 Å². The van der Waals surface area contributed by atoms with Gasteiger partial charge in [-0.25, -0.2) is 0 Å². The molecule has 1 amide bonds. The third-order valence-electron chi connectivity index (χ3n) is 4.35. The summed E-state index contributed by atoms with van der Waals surface area (Å²) in [6.07, 6.45) is 4.21. The summed E-state index contributed by atoms with van der Waals surface area (Å²) in [6.45, 7) is 7.21. The molecule has 0 aliphatic carbocycles. The number of amides is 1. The van der Waals surface area contributed by atoms with Gasteiger partial charge in [0.1, 0.15) is 0 Å². The number of halogens is 1.